The fourth-order valence-electron chi connectivity index (χ4n) is 3.55. The van der Waals surface area contributed by atoms with Crippen molar-refractivity contribution < 1.29 is 14.0 Å². The first-order valence-corrected chi connectivity index (χ1v) is 7.95. The number of hydrogen-bond acceptors (Lipinski definition) is 2. The summed E-state index contributed by atoms with van der Waals surface area (Å²) < 4.78 is 13.1. The summed E-state index contributed by atoms with van der Waals surface area (Å²) in [6, 6.07) is 5.23. The molecule has 0 aromatic heterocycles. The van der Waals surface area contributed by atoms with Gasteiger partial charge >= 0.3 is 6.03 Å². The maximum Gasteiger partial charge on any atom is 0.325 e. The van der Waals surface area contributed by atoms with Gasteiger partial charge in [-0.1, -0.05) is 37.8 Å². The number of benzene rings is 1. The van der Waals surface area contributed by atoms with Crippen LogP contribution < -0.4 is 5.32 Å². The molecule has 1 saturated carbocycles. The number of imide groups is 1. The second kappa shape index (κ2) is 5.71. The van der Waals surface area contributed by atoms with Crippen LogP contribution >= 0.6 is 0 Å². The minimum Gasteiger partial charge on any atom is -0.323 e. The zero-order chi connectivity index (χ0) is 15.7. The molecule has 1 aromatic rings. The molecule has 1 aliphatic heterocycles. The quantitative estimate of drug-likeness (QED) is 0.850. The van der Waals surface area contributed by atoms with Crippen LogP contribution in [0.5, 0.6) is 0 Å². The second-order valence-electron chi connectivity index (χ2n) is 6.33. The van der Waals surface area contributed by atoms with Gasteiger partial charge in [0, 0.05) is 0 Å². The highest BCUT2D eigenvalue weighted by Crippen LogP contribution is 2.36. The van der Waals surface area contributed by atoms with Gasteiger partial charge in [-0.3, -0.25) is 9.69 Å². The van der Waals surface area contributed by atoms with E-state index in [4.69, 9.17) is 0 Å². The lowest BCUT2D eigenvalue weighted by atomic mass is 9.90. The lowest BCUT2D eigenvalue weighted by Gasteiger charge is -2.27. The molecule has 3 rings (SSSR count). The molecule has 1 saturated heterocycles. The van der Waals surface area contributed by atoms with E-state index in [-0.39, 0.29) is 17.8 Å². The van der Waals surface area contributed by atoms with Gasteiger partial charge in [-0.05, 0) is 37.5 Å². The Morgan fingerprint density at radius 2 is 1.68 bits per heavy atom. The van der Waals surface area contributed by atoms with Gasteiger partial charge in [-0.15, -0.1) is 0 Å². The van der Waals surface area contributed by atoms with Crippen LogP contribution in [0.25, 0.3) is 0 Å². The normalized spacial score (nSPS) is 22.5. The monoisotopic (exact) mass is 304 g/mol. The molecule has 1 aliphatic carbocycles. The fraction of sp³-hybridized carbons (Fsp3) is 0.529. The second-order valence-corrected chi connectivity index (χ2v) is 6.33. The van der Waals surface area contributed by atoms with Gasteiger partial charge in [-0.25, -0.2) is 9.18 Å². The minimum atomic E-state index is -0.720. The van der Waals surface area contributed by atoms with Crippen molar-refractivity contribution in [2.24, 2.45) is 0 Å². The summed E-state index contributed by atoms with van der Waals surface area (Å²) in [6.45, 7) is 1.81. The van der Waals surface area contributed by atoms with Gasteiger partial charge in [0.1, 0.15) is 11.4 Å². The van der Waals surface area contributed by atoms with Crippen molar-refractivity contribution in [2.75, 3.05) is 0 Å². The summed E-state index contributed by atoms with van der Waals surface area (Å²) >= 11 is 0. The van der Waals surface area contributed by atoms with Crippen molar-refractivity contribution in [2.45, 2.75) is 57.0 Å². The van der Waals surface area contributed by atoms with Crippen LogP contribution in [0.4, 0.5) is 9.18 Å². The molecule has 2 fully saturated rings. The maximum atomic E-state index is 13.1. The number of hydrogen-bond donors (Lipinski definition) is 1. The van der Waals surface area contributed by atoms with Crippen LogP contribution in [0.1, 0.15) is 57.1 Å². The van der Waals surface area contributed by atoms with E-state index in [0.29, 0.717) is 12.8 Å². The predicted molar refractivity (Wildman–Crippen MR) is 80.6 cm³/mol. The summed E-state index contributed by atoms with van der Waals surface area (Å²) in [5.41, 5.74) is 0.0394. The highest BCUT2D eigenvalue weighted by Gasteiger charge is 2.52. The third-order valence-electron chi connectivity index (χ3n) is 4.89. The summed E-state index contributed by atoms with van der Waals surface area (Å²) in [6.07, 6.45) is 5.57. The number of carbonyl (C=O) groups is 2. The van der Waals surface area contributed by atoms with Crippen molar-refractivity contribution in [3.8, 4) is 0 Å². The molecule has 2 aliphatic rings. The lowest BCUT2D eigenvalue weighted by molar-refractivity contribution is -0.133. The average molecular weight is 304 g/mol. The van der Waals surface area contributed by atoms with Crippen LogP contribution in [0.2, 0.25) is 0 Å². The summed E-state index contributed by atoms with van der Waals surface area (Å²) in [4.78, 5) is 26.6. The standard InChI is InChI=1S/C17H21FN2O2/c1-12(13-6-8-14(18)9-7-13)20-15(21)17(19-16(20)22)10-4-2-3-5-11-17/h6-9,12H,2-5,10-11H2,1H3,(H,19,22). The molecule has 0 bridgehead atoms. The molecule has 5 heteroatoms. The van der Waals surface area contributed by atoms with Gasteiger partial charge in [0.2, 0.25) is 0 Å². The molecule has 1 heterocycles. The van der Waals surface area contributed by atoms with E-state index in [9.17, 15) is 14.0 Å². The molecule has 1 aromatic carbocycles. The average Bonchev–Trinajstić information content (AvgIpc) is 2.67. The highest BCUT2D eigenvalue weighted by atomic mass is 19.1. The van der Waals surface area contributed by atoms with Gasteiger partial charge in [-0.2, -0.15) is 0 Å². The van der Waals surface area contributed by atoms with Crippen molar-refractivity contribution in [1.82, 2.24) is 10.2 Å². The van der Waals surface area contributed by atoms with Crippen molar-refractivity contribution in [1.29, 1.82) is 0 Å². The van der Waals surface area contributed by atoms with Crippen LogP contribution in [0.15, 0.2) is 24.3 Å². The number of urea groups is 1. The van der Waals surface area contributed by atoms with Gasteiger partial charge in [0.25, 0.3) is 5.91 Å². The SMILES string of the molecule is CC(c1ccc(F)cc1)N1C(=O)NC2(CCCCCC2)C1=O. The van der Waals surface area contributed by atoms with Crippen LogP contribution in [0.3, 0.4) is 0 Å². The predicted octanol–water partition coefficient (Wildman–Crippen LogP) is 3.53. The van der Waals surface area contributed by atoms with E-state index in [1.807, 2.05) is 0 Å². The number of rotatable bonds is 2. The Labute approximate surface area is 129 Å². The number of carbonyl (C=O) groups excluding carboxylic acids is 2. The molecule has 0 radical (unpaired) electrons. The van der Waals surface area contributed by atoms with Crippen LogP contribution in [-0.2, 0) is 4.79 Å². The smallest absolute Gasteiger partial charge is 0.323 e. The minimum absolute atomic E-state index is 0.128. The van der Waals surface area contributed by atoms with E-state index in [0.717, 1.165) is 31.2 Å². The number of nitrogens with one attached hydrogen (secondary N) is 1. The molecule has 1 unspecified atom stereocenters. The Balaban J connectivity index is 1.86. The lowest BCUT2D eigenvalue weighted by Crippen LogP contribution is -2.46. The van der Waals surface area contributed by atoms with Gasteiger partial charge < -0.3 is 5.32 Å². The van der Waals surface area contributed by atoms with Gasteiger partial charge in [0.15, 0.2) is 0 Å². The third-order valence-corrected chi connectivity index (χ3v) is 4.89. The third kappa shape index (κ3) is 2.49. The first-order chi connectivity index (χ1) is 10.5. The first kappa shape index (κ1) is 15.0. The van der Waals surface area contributed by atoms with E-state index in [1.165, 1.54) is 17.0 Å². The fourth-order valence-corrected chi connectivity index (χ4v) is 3.55. The largest absolute Gasteiger partial charge is 0.325 e. The summed E-state index contributed by atoms with van der Waals surface area (Å²) in [5, 5.41) is 2.93. The first-order valence-electron chi connectivity index (χ1n) is 7.95. The summed E-state index contributed by atoms with van der Waals surface area (Å²) in [7, 11) is 0. The number of halogens is 1. The Morgan fingerprint density at radius 3 is 2.27 bits per heavy atom. The highest BCUT2D eigenvalue weighted by molar-refractivity contribution is 6.07. The van der Waals surface area contributed by atoms with E-state index >= 15 is 0 Å². The molecular formula is C17H21FN2O2. The Kier molecular flexibility index (Phi) is 3.89. The number of amides is 3. The maximum absolute atomic E-state index is 13.1. The van der Waals surface area contributed by atoms with E-state index < -0.39 is 11.6 Å². The Bertz CT molecular complexity index is 577. The topological polar surface area (TPSA) is 49.4 Å². The van der Waals surface area contributed by atoms with Crippen molar-refractivity contribution >= 4 is 11.9 Å². The molecule has 3 amide bonds. The Morgan fingerprint density at radius 1 is 1.09 bits per heavy atom. The van der Waals surface area contributed by atoms with E-state index in [1.54, 1.807) is 19.1 Å². The molecule has 1 atom stereocenters. The van der Waals surface area contributed by atoms with Crippen molar-refractivity contribution in [3.05, 3.63) is 35.6 Å². The van der Waals surface area contributed by atoms with Crippen LogP contribution in [-0.4, -0.2) is 22.4 Å². The molecule has 118 valence electrons. The van der Waals surface area contributed by atoms with Gasteiger partial charge in [0.05, 0.1) is 6.04 Å². The Hall–Kier alpha value is -1.91. The van der Waals surface area contributed by atoms with Crippen LogP contribution in [0, 0.1) is 5.82 Å². The number of nitrogens with zero attached hydrogens (tertiary/aromatic N) is 1. The summed E-state index contributed by atoms with van der Waals surface area (Å²) in [5.74, 6) is -0.454. The molecule has 4 nitrogen and oxygen atoms in total. The zero-order valence-corrected chi connectivity index (χ0v) is 12.8. The van der Waals surface area contributed by atoms with E-state index in [2.05, 4.69) is 5.32 Å². The van der Waals surface area contributed by atoms with Crippen molar-refractivity contribution in [3.63, 3.8) is 0 Å². The molecular weight excluding hydrogens is 283 g/mol. The molecule has 1 N–H and O–H groups in total. The molecule has 1 spiro atoms. The molecule has 22 heavy (non-hydrogen) atoms. The zero-order valence-electron chi connectivity index (χ0n) is 12.8.